The topological polar surface area (TPSA) is 41.6 Å². The fourth-order valence-electron chi connectivity index (χ4n) is 9.40. The second-order valence-electron chi connectivity index (χ2n) is 18.9. The molecule has 0 aromatic carbocycles. The Kier molecular flexibility index (Phi) is 38.7. The van der Waals surface area contributed by atoms with Gasteiger partial charge in [-0.05, 0) is 88.9 Å². The average Bonchev–Trinajstić information content (AvgIpc) is 3.26. The van der Waals surface area contributed by atoms with E-state index < -0.39 is 0 Å². The predicted molar refractivity (Wildman–Crippen MR) is 266 cm³/mol. The second-order valence-corrected chi connectivity index (χ2v) is 18.9. The third-order valence-electron chi connectivity index (χ3n) is 13.4. The summed E-state index contributed by atoms with van der Waals surface area (Å²) in [7, 11) is 0. The number of ether oxygens (including phenoxy) is 1. The number of rotatable bonds is 47. The highest BCUT2D eigenvalue weighted by Gasteiger charge is 2.29. The Labute approximate surface area is 376 Å². The lowest BCUT2D eigenvalue weighted by atomic mass is 9.85. The van der Waals surface area contributed by atoms with Crippen LogP contribution < -0.4 is 5.32 Å². The van der Waals surface area contributed by atoms with Crippen molar-refractivity contribution < 1.29 is 9.53 Å². The zero-order valence-corrected chi connectivity index (χ0v) is 41.3. The maximum atomic E-state index is 12.3. The van der Waals surface area contributed by atoms with Gasteiger partial charge < -0.3 is 15.0 Å². The van der Waals surface area contributed by atoms with E-state index in [1.165, 1.54) is 231 Å². The molecule has 0 aromatic rings. The van der Waals surface area contributed by atoms with E-state index in [2.05, 4.69) is 63.7 Å². The molecule has 1 rings (SSSR count). The van der Waals surface area contributed by atoms with Crippen molar-refractivity contribution in [2.75, 3.05) is 26.2 Å². The van der Waals surface area contributed by atoms with Crippen LogP contribution in [-0.2, 0) is 9.53 Å². The zero-order valence-electron chi connectivity index (χ0n) is 41.3. The van der Waals surface area contributed by atoms with E-state index in [1.807, 2.05) is 0 Å². The molecule has 0 bridgehead atoms. The van der Waals surface area contributed by atoms with Crippen molar-refractivity contribution in [2.45, 2.75) is 278 Å². The molecule has 1 N–H and O–H groups in total. The first-order valence-corrected chi connectivity index (χ1v) is 26.9. The van der Waals surface area contributed by atoms with Crippen molar-refractivity contribution in [2.24, 2.45) is 5.92 Å². The minimum atomic E-state index is 0.121. The Bertz CT molecular complexity index is 1090. The summed E-state index contributed by atoms with van der Waals surface area (Å²) in [4.78, 5) is 15.0. The lowest BCUT2D eigenvalue weighted by molar-refractivity contribution is -0.113. The molecular weight excluding hydrogens is 733 g/mol. The van der Waals surface area contributed by atoms with Gasteiger partial charge in [0.25, 0.3) is 0 Å². The molecule has 350 valence electrons. The van der Waals surface area contributed by atoms with Gasteiger partial charge in [-0.25, -0.2) is 0 Å². The van der Waals surface area contributed by atoms with Crippen LogP contribution in [0.2, 0.25) is 0 Å². The van der Waals surface area contributed by atoms with Crippen molar-refractivity contribution >= 4 is 5.78 Å². The number of allylic oxidation sites excluding steroid dienone is 3. The summed E-state index contributed by atoms with van der Waals surface area (Å²) in [6, 6.07) is 0. The molecule has 0 saturated heterocycles. The van der Waals surface area contributed by atoms with Gasteiger partial charge in [-0.3, -0.25) is 4.79 Å². The van der Waals surface area contributed by atoms with Gasteiger partial charge in [0.05, 0.1) is 11.8 Å². The van der Waals surface area contributed by atoms with Crippen molar-refractivity contribution in [3.05, 3.63) is 41.5 Å². The standard InChI is InChI=1S/C56H104N2O2/c1-8-14-17-20-27-35-44-53(45-36-28-21-18-15-9-2)60-52(12-5)43-34-29-25-31-38-48-58(49-39-46-57-55-54(13-6)50(7)56(55)59)47-37-30-24-22-23-26-33-42-51(40-11-4)41-32-19-16-10-3/h51,53,57H,5,7-11,13-49H2,1-4,6H3. The highest BCUT2D eigenvalue weighted by atomic mass is 16.5. The number of Topliss-reactive ketones (excluding diaryl/α,β-unsaturated/α-hetero) is 1. The fraction of sp³-hybridized carbons (Fsp3) is 0.857. The summed E-state index contributed by atoms with van der Waals surface area (Å²) < 4.78 is 6.63. The minimum absolute atomic E-state index is 0.121. The minimum Gasteiger partial charge on any atom is -0.487 e. The Balaban J connectivity index is 2.44. The zero-order chi connectivity index (χ0) is 43.7. The number of hydrogen-bond acceptors (Lipinski definition) is 4. The van der Waals surface area contributed by atoms with Crippen LogP contribution in [0.25, 0.3) is 0 Å². The first-order valence-electron chi connectivity index (χ1n) is 26.9. The summed E-state index contributed by atoms with van der Waals surface area (Å²) in [5, 5.41) is 3.46. The molecule has 0 amide bonds. The smallest absolute Gasteiger partial charge is 0.208 e. The van der Waals surface area contributed by atoms with E-state index in [9.17, 15) is 4.79 Å². The SMILES string of the molecule is C=C=C(CCCCCCCN(CCCCCCCCCC(CCC)CCCCCC)CCCNC1=C(CC)C(=C)C1=O)OC(CCCCCCCC)CCCCCCCC. The molecular formula is C56H104N2O2. The van der Waals surface area contributed by atoms with E-state index in [0.717, 1.165) is 55.3 Å². The number of nitrogens with one attached hydrogen (secondary N) is 1. The first kappa shape index (κ1) is 56.2. The monoisotopic (exact) mass is 837 g/mol. The molecule has 1 aliphatic carbocycles. The quantitative estimate of drug-likeness (QED) is 0.0287. The van der Waals surface area contributed by atoms with Crippen LogP contribution >= 0.6 is 0 Å². The van der Waals surface area contributed by atoms with E-state index in [4.69, 9.17) is 4.74 Å². The molecule has 1 unspecified atom stereocenters. The summed E-state index contributed by atoms with van der Waals surface area (Å²) >= 11 is 0. The number of carbonyl (C=O) groups is 1. The number of carbonyl (C=O) groups excluding carboxylic acids is 1. The maximum absolute atomic E-state index is 12.3. The van der Waals surface area contributed by atoms with Gasteiger partial charge in [0.2, 0.25) is 5.78 Å². The van der Waals surface area contributed by atoms with Gasteiger partial charge in [-0.2, -0.15) is 0 Å². The van der Waals surface area contributed by atoms with E-state index in [0.29, 0.717) is 11.7 Å². The average molecular weight is 837 g/mol. The van der Waals surface area contributed by atoms with Gasteiger partial charge in [-0.1, -0.05) is 227 Å². The van der Waals surface area contributed by atoms with Gasteiger partial charge >= 0.3 is 0 Å². The highest BCUT2D eigenvalue weighted by molar-refractivity contribution is 6.19. The van der Waals surface area contributed by atoms with Gasteiger partial charge in [0.1, 0.15) is 5.76 Å². The summed E-state index contributed by atoms with van der Waals surface area (Å²) in [6.07, 6.45) is 49.1. The van der Waals surface area contributed by atoms with Crippen LogP contribution in [0.15, 0.2) is 41.5 Å². The molecule has 4 heteroatoms. The van der Waals surface area contributed by atoms with Crippen molar-refractivity contribution in [3.8, 4) is 0 Å². The van der Waals surface area contributed by atoms with Crippen LogP contribution in [0.1, 0.15) is 272 Å². The predicted octanol–water partition coefficient (Wildman–Crippen LogP) is 17.5. The Morgan fingerprint density at radius 3 is 1.47 bits per heavy atom. The molecule has 0 fully saturated rings. The summed E-state index contributed by atoms with van der Waals surface area (Å²) in [5.74, 6) is 2.11. The lowest BCUT2D eigenvalue weighted by Crippen LogP contribution is -2.34. The highest BCUT2D eigenvalue weighted by Crippen LogP contribution is 2.29. The molecule has 1 aliphatic rings. The van der Waals surface area contributed by atoms with E-state index in [-0.39, 0.29) is 5.78 Å². The molecule has 0 aliphatic heterocycles. The normalized spacial score (nSPS) is 13.4. The molecule has 0 spiro atoms. The molecule has 60 heavy (non-hydrogen) atoms. The molecule has 4 nitrogen and oxygen atoms in total. The van der Waals surface area contributed by atoms with Gasteiger partial charge in [0, 0.05) is 18.5 Å². The number of nitrogens with zero attached hydrogens (tertiary/aromatic N) is 1. The third kappa shape index (κ3) is 29.5. The molecule has 0 radical (unpaired) electrons. The summed E-state index contributed by atoms with van der Waals surface area (Å²) in [6.45, 7) is 23.8. The van der Waals surface area contributed by atoms with Crippen LogP contribution in [-0.4, -0.2) is 43.0 Å². The molecule has 0 aromatic heterocycles. The Morgan fingerprint density at radius 2 is 0.983 bits per heavy atom. The van der Waals surface area contributed by atoms with Crippen LogP contribution in [0.3, 0.4) is 0 Å². The maximum Gasteiger partial charge on any atom is 0.208 e. The largest absolute Gasteiger partial charge is 0.487 e. The fourth-order valence-corrected chi connectivity index (χ4v) is 9.40. The molecule has 0 saturated carbocycles. The molecule has 1 atom stereocenters. The van der Waals surface area contributed by atoms with Crippen molar-refractivity contribution in [1.82, 2.24) is 10.2 Å². The van der Waals surface area contributed by atoms with Crippen molar-refractivity contribution in [1.29, 1.82) is 0 Å². The van der Waals surface area contributed by atoms with Crippen LogP contribution in [0.5, 0.6) is 0 Å². The van der Waals surface area contributed by atoms with Gasteiger partial charge in [-0.15, -0.1) is 0 Å². The van der Waals surface area contributed by atoms with E-state index >= 15 is 0 Å². The van der Waals surface area contributed by atoms with Crippen LogP contribution in [0, 0.1) is 5.92 Å². The number of hydrogen-bond donors (Lipinski definition) is 1. The Hall–Kier alpha value is -1.77. The lowest BCUT2D eigenvalue weighted by Gasteiger charge is -2.26. The second kappa shape index (κ2) is 41.3. The third-order valence-corrected chi connectivity index (χ3v) is 13.4. The van der Waals surface area contributed by atoms with Gasteiger partial charge in [0.15, 0.2) is 0 Å². The number of ketones is 1. The van der Waals surface area contributed by atoms with E-state index in [1.54, 1.807) is 0 Å². The Morgan fingerprint density at radius 1 is 0.550 bits per heavy atom. The first-order chi connectivity index (χ1) is 29.4. The summed E-state index contributed by atoms with van der Waals surface area (Å²) in [5.41, 5.74) is 5.86. The van der Waals surface area contributed by atoms with Crippen LogP contribution in [0.4, 0.5) is 0 Å². The number of unbranched alkanes of at least 4 members (excludes halogenated alkanes) is 23. The van der Waals surface area contributed by atoms with Crippen molar-refractivity contribution in [3.63, 3.8) is 0 Å². The molecule has 0 heterocycles.